The van der Waals surface area contributed by atoms with Crippen LogP contribution in [0.3, 0.4) is 0 Å². The van der Waals surface area contributed by atoms with Crippen LogP contribution in [0.2, 0.25) is 0 Å². The number of rotatable bonds is 7. The molecule has 2 aromatic carbocycles. The van der Waals surface area contributed by atoms with Crippen LogP contribution in [-0.4, -0.2) is 55.4 Å². The van der Waals surface area contributed by atoms with Crippen molar-refractivity contribution in [2.75, 3.05) is 19.5 Å². The third-order valence-electron chi connectivity index (χ3n) is 4.63. The molecule has 196 valence electrons. The third kappa shape index (κ3) is 5.45. The molecule has 9 nitrogen and oxygen atoms in total. The predicted octanol–water partition coefficient (Wildman–Crippen LogP) is 3.24. The smallest absolute Gasteiger partial charge is 0.460 e. The van der Waals surface area contributed by atoms with Crippen LogP contribution in [0.4, 0.5) is 36.8 Å². The Morgan fingerprint density at radius 1 is 0.778 bits per heavy atom. The van der Waals surface area contributed by atoms with Crippen molar-refractivity contribution < 1.29 is 60.0 Å². The van der Waals surface area contributed by atoms with E-state index in [1.807, 2.05) is 5.32 Å². The average molecular weight is 524 g/mol. The number of halogens is 6. The first-order chi connectivity index (χ1) is 16.6. The Morgan fingerprint density at radius 3 is 1.75 bits per heavy atom. The van der Waals surface area contributed by atoms with Gasteiger partial charge in [0.05, 0.1) is 14.2 Å². The first kappa shape index (κ1) is 28.2. The summed E-state index contributed by atoms with van der Waals surface area (Å²) in [4.78, 5) is 36.1. The van der Waals surface area contributed by atoms with Crippen LogP contribution in [-0.2, 0) is 24.7 Å². The van der Waals surface area contributed by atoms with E-state index in [2.05, 4.69) is 9.47 Å². The maximum Gasteiger partial charge on any atom is 0.460 e. The second-order valence-electron chi connectivity index (χ2n) is 6.94. The molecule has 0 aliphatic rings. The number of para-hydroxylation sites is 1. The average Bonchev–Trinajstić information content (AvgIpc) is 2.81. The molecular weight excluding hydrogens is 506 g/mol. The standard InChI is InChI=1S/C21H18F6N2O7/c1-34-15(30)18(33,20(22,23)24)12-8-10-13(11-9-12)28-17(32)29-19(16(31)35-2,21(25,26)27)36-14-6-4-3-5-7-14/h3-11,33H,1-2H3,(H2,28,29,32). The summed E-state index contributed by atoms with van der Waals surface area (Å²) in [5.41, 5.74) is -9.44. The summed E-state index contributed by atoms with van der Waals surface area (Å²) in [7, 11) is 1.24. The Morgan fingerprint density at radius 2 is 1.31 bits per heavy atom. The van der Waals surface area contributed by atoms with Gasteiger partial charge in [-0.2, -0.15) is 26.3 Å². The molecule has 2 amide bonds. The molecule has 0 radical (unpaired) electrons. The zero-order valence-corrected chi connectivity index (χ0v) is 18.4. The SMILES string of the molecule is COC(=O)C(NC(=O)Nc1ccc(C(O)(C(=O)OC)C(F)(F)F)cc1)(Oc1ccccc1)C(F)(F)F. The van der Waals surface area contributed by atoms with Gasteiger partial charge in [0, 0.05) is 11.3 Å². The summed E-state index contributed by atoms with van der Waals surface area (Å²) in [6, 6.07) is 7.19. The van der Waals surface area contributed by atoms with Crippen LogP contribution >= 0.6 is 0 Å². The molecule has 2 aromatic rings. The van der Waals surface area contributed by atoms with Gasteiger partial charge in [-0.3, -0.25) is 5.32 Å². The van der Waals surface area contributed by atoms with E-state index in [0.29, 0.717) is 26.4 Å². The number of ether oxygens (including phenoxy) is 3. The van der Waals surface area contributed by atoms with Crippen molar-refractivity contribution in [3.63, 3.8) is 0 Å². The third-order valence-corrected chi connectivity index (χ3v) is 4.63. The van der Waals surface area contributed by atoms with Gasteiger partial charge in [-0.05, 0) is 24.3 Å². The number of esters is 2. The van der Waals surface area contributed by atoms with Gasteiger partial charge in [0.25, 0.3) is 5.60 Å². The molecule has 0 aliphatic heterocycles. The van der Waals surface area contributed by atoms with E-state index in [4.69, 9.17) is 4.74 Å². The molecule has 2 atom stereocenters. The number of urea groups is 1. The van der Waals surface area contributed by atoms with Crippen molar-refractivity contribution in [3.8, 4) is 5.75 Å². The highest BCUT2D eigenvalue weighted by Gasteiger charge is 2.66. The Balaban J connectivity index is 2.35. The minimum absolute atomic E-state index is 0.383. The van der Waals surface area contributed by atoms with Crippen molar-refractivity contribution in [1.82, 2.24) is 5.32 Å². The molecule has 0 heterocycles. The van der Waals surface area contributed by atoms with Crippen LogP contribution in [0, 0.1) is 0 Å². The van der Waals surface area contributed by atoms with Crippen LogP contribution in [0.25, 0.3) is 0 Å². The van der Waals surface area contributed by atoms with Crippen LogP contribution in [0.5, 0.6) is 5.75 Å². The summed E-state index contributed by atoms with van der Waals surface area (Å²) in [6.45, 7) is 0. The van der Waals surface area contributed by atoms with Crippen molar-refractivity contribution in [2.24, 2.45) is 0 Å². The fourth-order valence-corrected chi connectivity index (χ4v) is 2.83. The van der Waals surface area contributed by atoms with Gasteiger partial charge in [0.2, 0.25) is 0 Å². The number of hydrogen-bond acceptors (Lipinski definition) is 7. The number of carbonyl (C=O) groups is 3. The molecule has 0 bridgehead atoms. The van der Waals surface area contributed by atoms with E-state index < -0.39 is 53.0 Å². The number of anilines is 1. The number of hydrogen-bond donors (Lipinski definition) is 3. The molecule has 36 heavy (non-hydrogen) atoms. The topological polar surface area (TPSA) is 123 Å². The first-order valence-electron chi connectivity index (χ1n) is 9.58. The first-order valence-corrected chi connectivity index (χ1v) is 9.58. The van der Waals surface area contributed by atoms with Gasteiger partial charge in [-0.15, -0.1) is 0 Å². The van der Waals surface area contributed by atoms with Gasteiger partial charge < -0.3 is 24.6 Å². The zero-order valence-electron chi connectivity index (χ0n) is 18.4. The summed E-state index contributed by atoms with van der Waals surface area (Å²) < 4.78 is 94.8. The molecule has 0 spiro atoms. The van der Waals surface area contributed by atoms with E-state index in [-0.39, 0.29) is 5.69 Å². The lowest BCUT2D eigenvalue weighted by atomic mass is 9.93. The molecule has 0 aliphatic carbocycles. The van der Waals surface area contributed by atoms with Crippen LogP contribution in [0.15, 0.2) is 54.6 Å². The number of aliphatic hydroxyl groups is 1. The quantitative estimate of drug-likeness (QED) is 0.289. The predicted molar refractivity (Wildman–Crippen MR) is 108 cm³/mol. The van der Waals surface area contributed by atoms with Crippen molar-refractivity contribution in [1.29, 1.82) is 0 Å². The minimum Gasteiger partial charge on any atom is -0.466 e. The van der Waals surface area contributed by atoms with Gasteiger partial charge in [-0.1, -0.05) is 30.3 Å². The van der Waals surface area contributed by atoms with Crippen LogP contribution < -0.4 is 15.4 Å². The van der Waals surface area contributed by atoms with E-state index in [9.17, 15) is 45.8 Å². The van der Waals surface area contributed by atoms with Crippen LogP contribution in [0.1, 0.15) is 5.56 Å². The lowest BCUT2D eigenvalue weighted by Crippen LogP contribution is -2.68. The summed E-state index contributed by atoms with van der Waals surface area (Å²) in [6.07, 6.45) is -11.0. The number of nitrogens with one attached hydrogen (secondary N) is 2. The van der Waals surface area contributed by atoms with Gasteiger partial charge in [-0.25, -0.2) is 14.4 Å². The van der Waals surface area contributed by atoms with Crippen molar-refractivity contribution >= 4 is 23.7 Å². The number of alkyl halides is 6. The lowest BCUT2D eigenvalue weighted by molar-refractivity contribution is -0.266. The fraction of sp³-hybridized carbons (Fsp3) is 0.286. The Labute approximate surface area is 198 Å². The molecular formula is C21H18F6N2O7. The van der Waals surface area contributed by atoms with Gasteiger partial charge in [0.1, 0.15) is 5.75 Å². The maximum atomic E-state index is 14.0. The highest BCUT2D eigenvalue weighted by molar-refractivity contribution is 5.94. The second-order valence-corrected chi connectivity index (χ2v) is 6.94. The second kappa shape index (κ2) is 10.3. The summed E-state index contributed by atoms with van der Waals surface area (Å²) in [5, 5.41) is 13.2. The Bertz CT molecular complexity index is 1090. The minimum atomic E-state index is -5.54. The number of carbonyl (C=O) groups excluding carboxylic acids is 3. The van der Waals surface area contributed by atoms with Crippen molar-refractivity contribution in [2.45, 2.75) is 23.7 Å². The Kier molecular flexibility index (Phi) is 8.09. The monoisotopic (exact) mass is 524 g/mol. The molecule has 0 fully saturated rings. The molecule has 2 rings (SSSR count). The number of methoxy groups -OCH3 is 2. The summed E-state index contributed by atoms with van der Waals surface area (Å²) in [5.74, 6) is -4.53. The molecule has 2 unspecified atom stereocenters. The van der Waals surface area contributed by atoms with E-state index in [1.54, 1.807) is 0 Å². The number of benzene rings is 2. The highest BCUT2D eigenvalue weighted by Crippen LogP contribution is 2.40. The highest BCUT2D eigenvalue weighted by atomic mass is 19.4. The van der Waals surface area contributed by atoms with Crippen molar-refractivity contribution in [3.05, 3.63) is 60.2 Å². The molecule has 0 aromatic heterocycles. The molecule has 3 N–H and O–H groups in total. The number of amides is 2. The fourth-order valence-electron chi connectivity index (χ4n) is 2.83. The molecule has 15 heteroatoms. The van der Waals surface area contributed by atoms with E-state index >= 15 is 0 Å². The Hall–Kier alpha value is -4.01. The maximum absolute atomic E-state index is 14.0. The van der Waals surface area contributed by atoms with E-state index in [0.717, 1.165) is 24.3 Å². The van der Waals surface area contributed by atoms with Gasteiger partial charge in [0.15, 0.2) is 0 Å². The molecule has 0 saturated heterocycles. The van der Waals surface area contributed by atoms with Gasteiger partial charge >= 0.3 is 36.0 Å². The molecule has 0 saturated carbocycles. The van der Waals surface area contributed by atoms with E-state index in [1.165, 1.54) is 23.5 Å². The summed E-state index contributed by atoms with van der Waals surface area (Å²) >= 11 is 0. The largest absolute Gasteiger partial charge is 0.466 e. The normalized spacial score (nSPS) is 15.0. The lowest BCUT2D eigenvalue weighted by Gasteiger charge is -2.33. The zero-order chi connectivity index (χ0) is 27.4.